The minimum absolute atomic E-state index is 0.386. The Morgan fingerprint density at radius 1 is 0.676 bits per heavy atom. The van der Waals surface area contributed by atoms with Gasteiger partial charge in [0.05, 0.1) is 13.2 Å². The van der Waals surface area contributed by atoms with E-state index in [0.717, 1.165) is 47.9 Å². The monoisotopic (exact) mass is 506 g/mol. The second-order valence-electron chi connectivity index (χ2n) is 9.12. The van der Waals surface area contributed by atoms with E-state index in [4.69, 9.17) is 32.7 Å². The summed E-state index contributed by atoms with van der Waals surface area (Å²) in [5, 5.41) is 0. The van der Waals surface area contributed by atoms with Gasteiger partial charge in [-0.05, 0) is 48.9 Å². The summed E-state index contributed by atoms with van der Waals surface area (Å²) in [5.41, 5.74) is 4.02. The average molecular weight is 507 g/mol. The quantitative estimate of drug-likeness (QED) is 0.165. The Morgan fingerprint density at radius 2 is 1.00 bits per heavy atom. The van der Waals surface area contributed by atoms with Crippen LogP contribution in [0.25, 0.3) is 11.1 Å². The number of carbonyl (C=O) groups excluding carboxylic acids is 2. The molecule has 0 unspecified atom stereocenters. The first kappa shape index (κ1) is 28.2. The number of ether oxygens (including phenoxy) is 2. The van der Waals surface area contributed by atoms with E-state index in [0.29, 0.717) is 26.1 Å². The first-order valence-electron chi connectivity index (χ1n) is 12.0. The number of alkyl halides is 2. The third kappa shape index (κ3) is 8.63. The fourth-order valence-corrected chi connectivity index (χ4v) is 3.88. The van der Waals surface area contributed by atoms with Crippen molar-refractivity contribution in [1.82, 2.24) is 0 Å². The predicted octanol–water partition coefficient (Wildman–Crippen LogP) is 7.12. The molecule has 34 heavy (non-hydrogen) atoms. The minimum atomic E-state index is -1.09. The van der Waals surface area contributed by atoms with E-state index < -0.39 is 9.75 Å². The highest BCUT2D eigenvalue weighted by Crippen LogP contribution is 2.27. The Bertz CT molecular complexity index is 841. The molecular formula is C28H36Cl2O4. The molecule has 0 bridgehead atoms. The number of hydrogen-bond donors (Lipinski definition) is 0. The van der Waals surface area contributed by atoms with Crippen molar-refractivity contribution in [2.24, 2.45) is 0 Å². The molecule has 186 valence electrons. The fourth-order valence-electron chi connectivity index (χ4n) is 3.46. The molecule has 2 aromatic rings. The number of esters is 2. The van der Waals surface area contributed by atoms with Crippen molar-refractivity contribution in [3.05, 3.63) is 59.7 Å². The van der Waals surface area contributed by atoms with Crippen LogP contribution in [0.3, 0.4) is 0 Å². The topological polar surface area (TPSA) is 52.6 Å². The summed E-state index contributed by atoms with van der Waals surface area (Å²) in [5.74, 6) is -0.773. The van der Waals surface area contributed by atoms with Gasteiger partial charge >= 0.3 is 11.9 Å². The predicted molar refractivity (Wildman–Crippen MR) is 140 cm³/mol. The van der Waals surface area contributed by atoms with Crippen molar-refractivity contribution < 1.29 is 19.1 Å². The van der Waals surface area contributed by atoms with Gasteiger partial charge in [0.2, 0.25) is 0 Å². The second-order valence-corrected chi connectivity index (χ2v) is 10.8. The second kappa shape index (κ2) is 13.2. The molecule has 2 rings (SSSR count). The molecule has 0 aliphatic heterocycles. The van der Waals surface area contributed by atoms with E-state index in [1.165, 1.54) is 0 Å². The number of rotatable bonds is 13. The Morgan fingerprint density at radius 3 is 1.29 bits per heavy atom. The fraction of sp³-hybridized carbons (Fsp3) is 0.500. The van der Waals surface area contributed by atoms with Crippen LogP contribution in [0.15, 0.2) is 48.5 Å². The summed E-state index contributed by atoms with van der Waals surface area (Å²) in [6, 6.07) is 16.0. The Balaban J connectivity index is 1.98. The molecule has 0 spiro atoms. The average Bonchev–Trinajstić information content (AvgIpc) is 2.80. The summed E-state index contributed by atoms with van der Waals surface area (Å²) in [6.07, 6.45) is 4.37. The zero-order chi connectivity index (χ0) is 25.2. The minimum Gasteiger partial charge on any atom is -0.464 e. The van der Waals surface area contributed by atoms with Crippen molar-refractivity contribution >= 4 is 35.1 Å². The van der Waals surface area contributed by atoms with Crippen molar-refractivity contribution in [2.45, 2.75) is 76.0 Å². The number of benzene rings is 2. The summed E-state index contributed by atoms with van der Waals surface area (Å²) in [7, 11) is 0. The van der Waals surface area contributed by atoms with E-state index in [9.17, 15) is 9.59 Å². The molecule has 2 aromatic carbocycles. The number of unbranched alkanes of at least 4 members (excludes halogenated alkanes) is 2. The Labute approximate surface area is 213 Å². The molecule has 0 N–H and O–H groups in total. The van der Waals surface area contributed by atoms with E-state index in [1.54, 1.807) is 13.8 Å². The molecule has 0 saturated carbocycles. The van der Waals surface area contributed by atoms with Gasteiger partial charge in [-0.1, -0.05) is 75.2 Å². The van der Waals surface area contributed by atoms with E-state index in [-0.39, 0.29) is 11.9 Å². The lowest BCUT2D eigenvalue weighted by Gasteiger charge is -2.21. The maximum absolute atomic E-state index is 12.3. The van der Waals surface area contributed by atoms with Crippen LogP contribution in [-0.4, -0.2) is 34.9 Å². The lowest BCUT2D eigenvalue weighted by molar-refractivity contribution is -0.147. The van der Waals surface area contributed by atoms with Crippen LogP contribution < -0.4 is 0 Å². The smallest absolute Gasteiger partial charge is 0.327 e. The van der Waals surface area contributed by atoms with Gasteiger partial charge in [-0.25, -0.2) is 0 Å². The lowest BCUT2D eigenvalue weighted by atomic mass is 9.95. The zero-order valence-corrected chi connectivity index (χ0v) is 22.2. The van der Waals surface area contributed by atoms with Gasteiger partial charge in [0.25, 0.3) is 0 Å². The molecule has 0 heterocycles. The summed E-state index contributed by atoms with van der Waals surface area (Å²) in [6.45, 7) is 8.27. The van der Waals surface area contributed by atoms with Crippen LogP contribution in [0, 0.1) is 0 Å². The first-order valence-corrected chi connectivity index (χ1v) is 12.7. The molecule has 4 nitrogen and oxygen atoms in total. The van der Waals surface area contributed by atoms with Gasteiger partial charge in [0, 0.05) is 12.8 Å². The van der Waals surface area contributed by atoms with Crippen LogP contribution in [-0.2, 0) is 31.9 Å². The van der Waals surface area contributed by atoms with Gasteiger partial charge in [0.15, 0.2) is 0 Å². The van der Waals surface area contributed by atoms with E-state index >= 15 is 0 Å². The van der Waals surface area contributed by atoms with Gasteiger partial charge in [-0.2, -0.15) is 0 Å². The summed E-state index contributed by atoms with van der Waals surface area (Å²) in [4.78, 5) is 22.4. The third-order valence-electron chi connectivity index (χ3n) is 5.63. The van der Waals surface area contributed by atoms with E-state index in [1.807, 2.05) is 62.4 Å². The van der Waals surface area contributed by atoms with Crippen LogP contribution in [0.4, 0.5) is 0 Å². The summed E-state index contributed by atoms with van der Waals surface area (Å²) >= 11 is 12.9. The molecule has 6 heteroatoms. The summed E-state index contributed by atoms with van der Waals surface area (Å²) < 4.78 is 10.6. The van der Waals surface area contributed by atoms with Crippen molar-refractivity contribution in [1.29, 1.82) is 0 Å². The van der Waals surface area contributed by atoms with E-state index in [2.05, 4.69) is 0 Å². The molecule has 0 aliphatic carbocycles. The molecule has 0 aliphatic rings. The molecular weight excluding hydrogens is 471 g/mol. The number of carbonyl (C=O) groups is 2. The molecule has 0 saturated heterocycles. The third-order valence-corrected chi connectivity index (χ3v) is 6.20. The normalized spacial score (nSPS) is 14.6. The Hall–Kier alpha value is -2.04. The van der Waals surface area contributed by atoms with Crippen LogP contribution in [0.1, 0.15) is 64.5 Å². The van der Waals surface area contributed by atoms with Crippen molar-refractivity contribution in [3.63, 3.8) is 0 Å². The van der Waals surface area contributed by atoms with Gasteiger partial charge in [-0.15, -0.1) is 23.2 Å². The lowest BCUT2D eigenvalue weighted by Crippen LogP contribution is -2.33. The maximum Gasteiger partial charge on any atom is 0.327 e. The molecule has 0 radical (unpaired) electrons. The van der Waals surface area contributed by atoms with Gasteiger partial charge in [-0.3, -0.25) is 9.59 Å². The van der Waals surface area contributed by atoms with Crippen molar-refractivity contribution in [3.8, 4) is 11.1 Å². The zero-order valence-electron chi connectivity index (χ0n) is 20.7. The first-order chi connectivity index (χ1) is 16.1. The highest BCUT2D eigenvalue weighted by Gasteiger charge is 2.33. The molecule has 2 atom stereocenters. The standard InChI is InChI=1S/C28H36Cl2O4/c1-5-7-17-33-25(31)27(3,29)19-21-9-13-23(14-10-21)24-15-11-22(12-16-24)20-28(4,30)26(32)34-18-8-6-2/h9-16H,5-8,17-20H2,1-4H3/t27-,28-/m0/s1. The molecule has 0 amide bonds. The van der Waals surface area contributed by atoms with Gasteiger partial charge in [0.1, 0.15) is 9.75 Å². The van der Waals surface area contributed by atoms with Crippen LogP contribution in [0.5, 0.6) is 0 Å². The molecule has 0 fully saturated rings. The largest absolute Gasteiger partial charge is 0.464 e. The SMILES string of the molecule is CCCCOC(=O)[C@@](C)(Cl)Cc1ccc(-c2ccc(C[C@](C)(Cl)C(=O)OCCCC)cc2)cc1. The molecule has 0 aromatic heterocycles. The van der Waals surface area contributed by atoms with Crippen LogP contribution >= 0.6 is 23.2 Å². The van der Waals surface area contributed by atoms with Gasteiger partial charge < -0.3 is 9.47 Å². The number of hydrogen-bond acceptors (Lipinski definition) is 4. The Kier molecular flexibility index (Phi) is 10.9. The van der Waals surface area contributed by atoms with Crippen molar-refractivity contribution in [2.75, 3.05) is 13.2 Å². The van der Waals surface area contributed by atoms with Crippen LogP contribution in [0.2, 0.25) is 0 Å². The highest BCUT2D eigenvalue weighted by molar-refractivity contribution is 6.34. The highest BCUT2D eigenvalue weighted by atomic mass is 35.5. The maximum atomic E-state index is 12.3. The number of halogens is 2.